The molecule has 0 aliphatic carbocycles. The van der Waals surface area contributed by atoms with E-state index in [1.165, 1.54) is 12.0 Å². The number of aliphatic hydroxyl groups excluding tert-OH is 1. The van der Waals surface area contributed by atoms with Gasteiger partial charge in [0.05, 0.1) is 18.7 Å². The van der Waals surface area contributed by atoms with Gasteiger partial charge in [-0.05, 0) is 49.5 Å². The normalized spacial score (nSPS) is 17.0. The van der Waals surface area contributed by atoms with Gasteiger partial charge in [0.15, 0.2) is 0 Å². The van der Waals surface area contributed by atoms with Gasteiger partial charge in [0, 0.05) is 18.7 Å². The molecule has 3 aromatic carbocycles. The molecule has 0 saturated carbocycles. The van der Waals surface area contributed by atoms with Crippen LogP contribution >= 0.6 is 0 Å². The van der Waals surface area contributed by atoms with Crippen LogP contribution < -0.4 is 9.47 Å². The van der Waals surface area contributed by atoms with E-state index in [-0.39, 0.29) is 11.3 Å². The molecule has 1 fully saturated rings. The number of carbonyl (C=O) groups is 2. The summed E-state index contributed by atoms with van der Waals surface area (Å²) in [5, 5.41) is 11.2. The Morgan fingerprint density at radius 2 is 1.67 bits per heavy atom. The highest BCUT2D eigenvalue weighted by atomic mass is 16.5. The van der Waals surface area contributed by atoms with Crippen LogP contribution in [0.2, 0.25) is 0 Å². The van der Waals surface area contributed by atoms with Crippen LogP contribution in [0.3, 0.4) is 0 Å². The second kappa shape index (κ2) is 11.1. The molecule has 3 aromatic rings. The van der Waals surface area contributed by atoms with Gasteiger partial charge in [0.2, 0.25) is 0 Å². The van der Waals surface area contributed by atoms with Crippen molar-refractivity contribution in [2.45, 2.75) is 12.6 Å². The average Bonchev–Trinajstić information content (AvgIpc) is 3.16. The molecule has 7 heteroatoms. The number of hydrogen-bond acceptors (Lipinski definition) is 6. The maximum absolute atomic E-state index is 13.2. The highest BCUT2D eigenvalue weighted by Gasteiger charge is 2.45. The summed E-state index contributed by atoms with van der Waals surface area (Å²) in [5.74, 6) is -0.355. The van der Waals surface area contributed by atoms with Gasteiger partial charge in [-0.2, -0.15) is 0 Å². The van der Waals surface area contributed by atoms with Crippen molar-refractivity contribution in [1.29, 1.82) is 0 Å². The molecule has 0 bridgehead atoms. The van der Waals surface area contributed by atoms with Gasteiger partial charge < -0.3 is 24.4 Å². The van der Waals surface area contributed by atoms with Gasteiger partial charge in [-0.25, -0.2) is 0 Å². The van der Waals surface area contributed by atoms with Gasteiger partial charge in [-0.15, -0.1) is 0 Å². The largest absolute Gasteiger partial charge is 0.507 e. The minimum atomic E-state index is -0.723. The summed E-state index contributed by atoms with van der Waals surface area (Å²) in [6.07, 6.45) is 0. The fraction of sp³-hybridized carbons (Fsp3) is 0.241. The summed E-state index contributed by atoms with van der Waals surface area (Å²) in [6.45, 7) is 1.34. The van der Waals surface area contributed by atoms with E-state index in [4.69, 9.17) is 9.47 Å². The third-order valence-corrected chi connectivity index (χ3v) is 6.12. The van der Waals surface area contributed by atoms with E-state index in [1.54, 1.807) is 24.3 Å². The molecule has 4 rings (SSSR count). The standard InChI is InChI=1S/C29H30N2O5/c1-30(2)16-17-31-26(21-12-14-23(15-13-21)36-19-20-8-5-4-6-9-20)25(28(33)29(31)34)27(32)22-10-7-11-24(18-22)35-3/h4-15,18,26,32H,16-17,19H2,1-3H3. The molecule has 1 atom stereocenters. The number of aliphatic hydroxyl groups is 1. The van der Waals surface area contributed by atoms with E-state index < -0.39 is 17.7 Å². The lowest BCUT2D eigenvalue weighted by atomic mass is 9.95. The van der Waals surface area contributed by atoms with Crippen molar-refractivity contribution < 1.29 is 24.2 Å². The van der Waals surface area contributed by atoms with E-state index >= 15 is 0 Å². The number of nitrogens with zero attached hydrogens (tertiary/aromatic N) is 2. The molecule has 1 unspecified atom stereocenters. The molecule has 0 spiro atoms. The maximum atomic E-state index is 13.2. The van der Waals surface area contributed by atoms with Crippen molar-refractivity contribution in [3.8, 4) is 11.5 Å². The second-order valence-corrected chi connectivity index (χ2v) is 8.87. The highest BCUT2D eigenvalue weighted by molar-refractivity contribution is 6.46. The van der Waals surface area contributed by atoms with Crippen molar-refractivity contribution in [1.82, 2.24) is 9.80 Å². The zero-order valence-corrected chi connectivity index (χ0v) is 20.7. The van der Waals surface area contributed by atoms with Gasteiger partial charge in [0.25, 0.3) is 11.7 Å². The predicted molar refractivity (Wildman–Crippen MR) is 138 cm³/mol. The third-order valence-electron chi connectivity index (χ3n) is 6.12. The Hall–Kier alpha value is -4.10. The SMILES string of the molecule is COc1cccc(C(O)=C2C(=O)C(=O)N(CCN(C)C)C2c2ccc(OCc3ccccc3)cc2)c1. The number of Topliss-reactive ketones (excluding diaryl/α,β-unsaturated/α-hetero) is 1. The molecule has 0 aromatic heterocycles. The maximum Gasteiger partial charge on any atom is 0.295 e. The lowest BCUT2D eigenvalue weighted by Gasteiger charge is -2.26. The second-order valence-electron chi connectivity index (χ2n) is 8.87. The van der Waals surface area contributed by atoms with Crippen LogP contribution in [0.1, 0.15) is 22.7 Å². The summed E-state index contributed by atoms with van der Waals surface area (Å²) >= 11 is 0. The molecule has 1 saturated heterocycles. The summed E-state index contributed by atoms with van der Waals surface area (Å²) in [5.41, 5.74) is 2.24. The smallest absolute Gasteiger partial charge is 0.295 e. The quantitative estimate of drug-likeness (QED) is 0.277. The minimum absolute atomic E-state index is 0.0602. The van der Waals surface area contributed by atoms with Crippen molar-refractivity contribution in [3.63, 3.8) is 0 Å². The fourth-order valence-electron chi connectivity index (χ4n) is 4.18. The average molecular weight is 487 g/mol. The number of methoxy groups -OCH3 is 1. The van der Waals surface area contributed by atoms with Crippen LogP contribution in [0.4, 0.5) is 0 Å². The van der Waals surface area contributed by atoms with Gasteiger partial charge in [0.1, 0.15) is 23.9 Å². The van der Waals surface area contributed by atoms with Crippen LogP contribution in [0.25, 0.3) is 5.76 Å². The molecular weight excluding hydrogens is 456 g/mol. The van der Waals surface area contributed by atoms with Gasteiger partial charge in [-0.1, -0.05) is 54.6 Å². The van der Waals surface area contributed by atoms with Gasteiger partial charge >= 0.3 is 0 Å². The highest BCUT2D eigenvalue weighted by Crippen LogP contribution is 2.40. The Kier molecular flexibility index (Phi) is 7.71. The molecule has 1 amide bonds. The zero-order valence-electron chi connectivity index (χ0n) is 20.7. The lowest BCUT2D eigenvalue weighted by molar-refractivity contribution is -0.140. The Labute approximate surface area is 211 Å². The number of benzene rings is 3. The molecule has 7 nitrogen and oxygen atoms in total. The fourth-order valence-corrected chi connectivity index (χ4v) is 4.18. The van der Waals surface area contributed by atoms with Crippen molar-refractivity contribution in [2.24, 2.45) is 0 Å². The van der Waals surface area contributed by atoms with E-state index in [1.807, 2.05) is 73.6 Å². The zero-order chi connectivity index (χ0) is 25.7. The Balaban J connectivity index is 1.69. The van der Waals surface area contributed by atoms with Crippen LogP contribution in [-0.4, -0.2) is 60.9 Å². The first-order valence-corrected chi connectivity index (χ1v) is 11.7. The first-order chi connectivity index (χ1) is 17.4. The number of likely N-dealkylation sites (N-methyl/N-ethyl adjacent to an activating group) is 1. The number of ketones is 1. The van der Waals surface area contributed by atoms with E-state index in [2.05, 4.69) is 0 Å². The number of amides is 1. The molecular formula is C29H30N2O5. The summed E-state index contributed by atoms with van der Waals surface area (Å²) in [6, 6.07) is 23.2. The number of hydrogen-bond donors (Lipinski definition) is 1. The van der Waals surface area contributed by atoms with Crippen LogP contribution in [0.5, 0.6) is 11.5 Å². The third kappa shape index (κ3) is 5.42. The van der Waals surface area contributed by atoms with E-state index in [0.717, 1.165) is 5.56 Å². The molecule has 1 N–H and O–H groups in total. The molecule has 1 aliphatic rings. The number of ether oxygens (including phenoxy) is 2. The monoisotopic (exact) mass is 486 g/mol. The van der Waals surface area contributed by atoms with Crippen molar-refractivity contribution >= 4 is 17.4 Å². The summed E-state index contributed by atoms with van der Waals surface area (Å²) in [7, 11) is 5.34. The molecule has 1 heterocycles. The van der Waals surface area contributed by atoms with Gasteiger partial charge in [-0.3, -0.25) is 9.59 Å². The lowest BCUT2D eigenvalue weighted by Crippen LogP contribution is -2.35. The van der Waals surface area contributed by atoms with Crippen molar-refractivity contribution in [3.05, 3.63) is 101 Å². The van der Waals surface area contributed by atoms with E-state index in [9.17, 15) is 14.7 Å². The first-order valence-electron chi connectivity index (χ1n) is 11.7. The van der Waals surface area contributed by atoms with Crippen molar-refractivity contribution in [2.75, 3.05) is 34.3 Å². The number of rotatable bonds is 9. The predicted octanol–water partition coefficient (Wildman–Crippen LogP) is 4.26. The first kappa shape index (κ1) is 25.0. The van der Waals surface area contributed by atoms with Crippen LogP contribution in [-0.2, 0) is 16.2 Å². The summed E-state index contributed by atoms with van der Waals surface area (Å²) < 4.78 is 11.2. The van der Waals surface area contributed by atoms with Crippen LogP contribution in [0, 0.1) is 0 Å². The summed E-state index contributed by atoms with van der Waals surface area (Å²) in [4.78, 5) is 29.7. The minimum Gasteiger partial charge on any atom is -0.507 e. The Morgan fingerprint density at radius 3 is 2.33 bits per heavy atom. The molecule has 186 valence electrons. The molecule has 1 aliphatic heterocycles. The van der Waals surface area contributed by atoms with E-state index in [0.29, 0.717) is 42.3 Å². The molecule has 0 radical (unpaired) electrons. The Morgan fingerprint density at radius 1 is 0.944 bits per heavy atom. The number of carbonyl (C=O) groups excluding carboxylic acids is 2. The Bertz CT molecular complexity index is 1250. The molecule has 36 heavy (non-hydrogen) atoms. The topological polar surface area (TPSA) is 79.3 Å². The number of likely N-dealkylation sites (tertiary alicyclic amines) is 1. The van der Waals surface area contributed by atoms with Crippen LogP contribution in [0.15, 0.2) is 84.4 Å².